The molecule has 0 radical (unpaired) electrons. The Hall–Kier alpha value is -1.70. The number of carbonyl (C=O) groups is 1. The molecule has 0 aliphatic heterocycles. The lowest BCUT2D eigenvalue weighted by atomic mass is 10.2. The molecule has 0 aliphatic carbocycles. The lowest BCUT2D eigenvalue weighted by Gasteiger charge is -2.18. The molecular formula is C13H19BrN4O3. The lowest BCUT2D eigenvalue weighted by Crippen LogP contribution is -2.31. The van der Waals surface area contributed by atoms with Crippen molar-refractivity contribution in [2.24, 2.45) is 0 Å². The number of carbonyl (C=O) groups excluding carboxylic acids is 1. The zero-order chi connectivity index (χ0) is 16.0. The Morgan fingerprint density at radius 2 is 2.10 bits per heavy atom. The highest BCUT2D eigenvalue weighted by Crippen LogP contribution is 2.30. The molecule has 0 atom stereocenters. The molecule has 1 N–H and O–H groups in total. The first-order valence-corrected chi connectivity index (χ1v) is 7.52. The molecule has 0 spiro atoms. The van der Waals surface area contributed by atoms with Gasteiger partial charge in [-0.1, -0.05) is 0 Å². The van der Waals surface area contributed by atoms with Crippen LogP contribution in [0.4, 0.5) is 11.5 Å². The normalized spacial score (nSPS) is 10.3. The minimum absolute atomic E-state index is 0.0355. The molecule has 0 saturated heterocycles. The Balaban J connectivity index is 2.67. The first-order valence-electron chi connectivity index (χ1n) is 6.73. The fourth-order valence-electron chi connectivity index (χ4n) is 1.90. The maximum Gasteiger partial charge on any atom is 0.291 e. The van der Waals surface area contributed by atoms with Crippen LogP contribution in [0.2, 0.25) is 0 Å². The van der Waals surface area contributed by atoms with Gasteiger partial charge in [0.1, 0.15) is 12.0 Å². The van der Waals surface area contributed by atoms with Crippen LogP contribution in [-0.2, 0) is 4.79 Å². The van der Waals surface area contributed by atoms with Gasteiger partial charge < -0.3 is 10.2 Å². The summed E-state index contributed by atoms with van der Waals surface area (Å²) in [6, 6.07) is 0. The summed E-state index contributed by atoms with van der Waals surface area (Å²) in [4.78, 5) is 28.0. The number of pyridine rings is 1. The van der Waals surface area contributed by atoms with E-state index in [9.17, 15) is 14.9 Å². The third-order valence-corrected chi connectivity index (χ3v) is 4.15. The standard InChI is InChI=1S/C13H19BrN4O3/c1-4-17(5-2)11(19)6-7-15-13-12(14)9(3)10(8-16-13)18(20)21/h8H,4-7H2,1-3H3,(H,15,16). The van der Waals surface area contributed by atoms with E-state index < -0.39 is 4.92 Å². The summed E-state index contributed by atoms with van der Waals surface area (Å²) in [5, 5.41) is 13.8. The predicted octanol–water partition coefficient (Wildman–Crippen LogP) is 2.73. The summed E-state index contributed by atoms with van der Waals surface area (Å²) in [5.74, 6) is 0.577. The van der Waals surface area contributed by atoms with Crippen molar-refractivity contribution in [3.63, 3.8) is 0 Å². The predicted molar refractivity (Wildman–Crippen MR) is 84.4 cm³/mol. The summed E-state index contributed by atoms with van der Waals surface area (Å²) in [5.41, 5.74) is 0.471. The third-order valence-electron chi connectivity index (χ3n) is 3.18. The van der Waals surface area contributed by atoms with Crippen molar-refractivity contribution in [2.45, 2.75) is 27.2 Å². The van der Waals surface area contributed by atoms with Gasteiger partial charge in [-0.3, -0.25) is 14.9 Å². The maximum atomic E-state index is 11.9. The van der Waals surface area contributed by atoms with Gasteiger partial charge in [0.15, 0.2) is 0 Å². The first kappa shape index (κ1) is 17.4. The van der Waals surface area contributed by atoms with Gasteiger partial charge >= 0.3 is 0 Å². The van der Waals surface area contributed by atoms with Gasteiger partial charge in [0.25, 0.3) is 5.69 Å². The lowest BCUT2D eigenvalue weighted by molar-refractivity contribution is -0.385. The van der Waals surface area contributed by atoms with Crippen LogP contribution in [0.25, 0.3) is 0 Å². The summed E-state index contributed by atoms with van der Waals surface area (Å²) >= 11 is 3.30. The van der Waals surface area contributed by atoms with Gasteiger partial charge in [0, 0.05) is 31.6 Å². The zero-order valence-corrected chi connectivity index (χ0v) is 13.9. The minimum atomic E-state index is -0.471. The molecule has 1 amide bonds. The molecule has 0 fully saturated rings. The molecule has 0 bridgehead atoms. The molecule has 0 unspecified atom stereocenters. The van der Waals surface area contributed by atoms with E-state index in [1.807, 2.05) is 13.8 Å². The van der Waals surface area contributed by atoms with Crippen LogP contribution in [-0.4, -0.2) is 40.3 Å². The molecule has 1 aromatic heterocycles. The van der Waals surface area contributed by atoms with Crippen molar-refractivity contribution in [1.29, 1.82) is 0 Å². The Bertz CT molecular complexity index is 532. The molecule has 0 saturated carbocycles. The van der Waals surface area contributed by atoms with Gasteiger partial charge in [-0.15, -0.1) is 0 Å². The highest BCUT2D eigenvalue weighted by atomic mass is 79.9. The average Bonchev–Trinajstić information content (AvgIpc) is 2.44. The van der Waals surface area contributed by atoms with Gasteiger partial charge in [0.2, 0.25) is 5.91 Å². The molecule has 21 heavy (non-hydrogen) atoms. The van der Waals surface area contributed by atoms with Crippen molar-refractivity contribution in [1.82, 2.24) is 9.88 Å². The molecule has 0 aliphatic rings. The van der Waals surface area contributed by atoms with E-state index in [0.717, 1.165) is 0 Å². The average molecular weight is 359 g/mol. The van der Waals surface area contributed by atoms with Crippen LogP contribution in [0.15, 0.2) is 10.7 Å². The second-order valence-electron chi connectivity index (χ2n) is 4.43. The molecule has 8 heteroatoms. The van der Waals surface area contributed by atoms with Gasteiger partial charge in [0.05, 0.1) is 9.40 Å². The number of nitrogens with zero attached hydrogens (tertiary/aromatic N) is 3. The molecule has 0 aromatic carbocycles. The summed E-state index contributed by atoms with van der Waals surface area (Å²) in [7, 11) is 0. The highest BCUT2D eigenvalue weighted by molar-refractivity contribution is 9.10. The Morgan fingerprint density at radius 3 is 2.62 bits per heavy atom. The van der Waals surface area contributed by atoms with Crippen molar-refractivity contribution >= 4 is 33.3 Å². The Labute approximate surface area is 132 Å². The van der Waals surface area contributed by atoms with Crippen LogP contribution >= 0.6 is 15.9 Å². The van der Waals surface area contributed by atoms with Crippen molar-refractivity contribution in [2.75, 3.05) is 25.0 Å². The quantitative estimate of drug-likeness (QED) is 0.597. The second-order valence-corrected chi connectivity index (χ2v) is 5.22. The number of amides is 1. The number of rotatable bonds is 7. The summed E-state index contributed by atoms with van der Waals surface area (Å²) < 4.78 is 0.548. The van der Waals surface area contributed by atoms with Crippen molar-refractivity contribution in [3.8, 4) is 0 Å². The molecular weight excluding hydrogens is 340 g/mol. The topological polar surface area (TPSA) is 88.4 Å². The number of hydrogen-bond donors (Lipinski definition) is 1. The molecule has 116 valence electrons. The number of aromatic nitrogens is 1. The monoisotopic (exact) mass is 358 g/mol. The van der Waals surface area contributed by atoms with E-state index in [2.05, 4.69) is 26.2 Å². The van der Waals surface area contributed by atoms with Gasteiger partial charge in [-0.25, -0.2) is 4.98 Å². The van der Waals surface area contributed by atoms with Crippen LogP contribution in [0.1, 0.15) is 25.8 Å². The molecule has 7 nitrogen and oxygen atoms in total. The van der Waals surface area contributed by atoms with Crippen molar-refractivity contribution < 1.29 is 9.72 Å². The SMILES string of the molecule is CCN(CC)C(=O)CCNc1ncc([N+](=O)[O-])c(C)c1Br. The van der Waals surface area contributed by atoms with E-state index in [4.69, 9.17) is 0 Å². The fourth-order valence-corrected chi connectivity index (χ4v) is 2.34. The summed E-state index contributed by atoms with van der Waals surface area (Å²) in [6.45, 7) is 7.33. The maximum absolute atomic E-state index is 11.9. The van der Waals surface area contributed by atoms with Crippen LogP contribution in [0.5, 0.6) is 0 Å². The minimum Gasteiger partial charge on any atom is -0.369 e. The number of anilines is 1. The smallest absolute Gasteiger partial charge is 0.291 e. The number of nitro groups is 1. The Kier molecular flexibility index (Phi) is 6.54. The number of nitrogens with one attached hydrogen (secondary N) is 1. The van der Waals surface area contributed by atoms with Crippen LogP contribution < -0.4 is 5.32 Å². The van der Waals surface area contributed by atoms with E-state index in [1.165, 1.54) is 6.20 Å². The van der Waals surface area contributed by atoms with Crippen LogP contribution in [0, 0.1) is 17.0 Å². The molecule has 1 heterocycles. The van der Waals surface area contributed by atoms with E-state index in [-0.39, 0.29) is 11.6 Å². The Morgan fingerprint density at radius 1 is 1.48 bits per heavy atom. The molecule has 1 rings (SSSR count). The van der Waals surface area contributed by atoms with Crippen LogP contribution in [0.3, 0.4) is 0 Å². The second kappa shape index (κ2) is 7.92. The summed E-state index contributed by atoms with van der Waals surface area (Å²) in [6.07, 6.45) is 1.57. The van der Waals surface area contributed by atoms with E-state index >= 15 is 0 Å². The fraction of sp³-hybridized carbons (Fsp3) is 0.538. The van der Waals surface area contributed by atoms with Gasteiger partial charge in [-0.05, 0) is 36.7 Å². The van der Waals surface area contributed by atoms with E-state index in [0.29, 0.717) is 41.9 Å². The number of halogens is 1. The zero-order valence-electron chi connectivity index (χ0n) is 12.4. The van der Waals surface area contributed by atoms with Gasteiger partial charge in [-0.2, -0.15) is 0 Å². The van der Waals surface area contributed by atoms with E-state index in [1.54, 1.807) is 11.8 Å². The largest absolute Gasteiger partial charge is 0.369 e. The highest BCUT2D eigenvalue weighted by Gasteiger charge is 2.17. The number of hydrogen-bond acceptors (Lipinski definition) is 5. The van der Waals surface area contributed by atoms with Crippen molar-refractivity contribution in [3.05, 3.63) is 26.3 Å². The molecule has 1 aromatic rings. The third kappa shape index (κ3) is 4.38. The first-order chi connectivity index (χ1) is 9.92.